The lowest BCUT2D eigenvalue weighted by atomic mass is 10.1. The fraction of sp³-hybridized carbons (Fsp3) is 0.235. The van der Waals surface area contributed by atoms with Crippen LogP contribution in [-0.4, -0.2) is 25.9 Å². The van der Waals surface area contributed by atoms with Gasteiger partial charge in [0.2, 0.25) is 10.0 Å². The number of carbonyl (C=O) groups is 1. The molecule has 0 aromatic heterocycles. The van der Waals surface area contributed by atoms with Gasteiger partial charge in [0.05, 0.1) is 16.2 Å². The Labute approximate surface area is 151 Å². The van der Waals surface area contributed by atoms with Crippen LogP contribution in [0.15, 0.2) is 59.5 Å². The van der Waals surface area contributed by atoms with Crippen LogP contribution in [0.5, 0.6) is 0 Å². The molecule has 0 bridgehead atoms. The van der Waals surface area contributed by atoms with E-state index in [1.54, 1.807) is 31.2 Å². The first-order valence-corrected chi connectivity index (χ1v) is 9.26. The standard InChI is InChI=1S/C17H18N2O6S/c1-13(14-6-5-7-15(12-14)19(21)22)25-17(20)10-11-18-26(23,24)16-8-3-2-4-9-16/h2-9,12-13,18H,10-11H2,1H3/t13-/m1/s1. The Kier molecular flexibility index (Phi) is 6.42. The molecule has 0 radical (unpaired) electrons. The molecule has 8 nitrogen and oxygen atoms in total. The minimum Gasteiger partial charge on any atom is -0.458 e. The summed E-state index contributed by atoms with van der Waals surface area (Å²) in [6, 6.07) is 13.6. The van der Waals surface area contributed by atoms with Gasteiger partial charge in [0.1, 0.15) is 6.10 Å². The lowest BCUT2D eigenvalue weighted by Crippen LogP contribution is -2.27. The summed E-state index contributed by atoms with van der Waals surface area (Å²) in [5.74, 6) is -0.611. The van der Waals surface area contributed by atoms with Crippen molar-refractivity contribution in [1.29, 1.82) is 0 Å². The molecule has 0 saturated carbocycles. The molecule has 2 aromatic rings. The summed E-state index contributed by atoms with van der Waals surface area (Å²) in [5, 5.41) is 10.8. The molecule has 0 saturated heterocycles. The summed E-state index contributed by atoms with van der Waals surface area (Å²) >= 11 is 0. The average Bonchev–Trinajstić information content (AvgIpc) is 2.62. The molecule has 0 unspecified atom stereocenters. The molecule has 0 aliphatic rings. The molecule has 0 amide bonds. The van der Waals surface area contributed by atoms with Crippen LogP contribution >= 0.6 is 0 Å². The van der Waals surface area contributed by atoms with E-state index in [1.807, 2.05) is 0 Å². The maximum atomic E-state index is 12.0. The van der Waals surface area contributed by atoms with Gasteiger partial charge in [-0.2, -0.15) is 0 Å². The Bertz CT molecular complexity index is 883. The molecular weight excluding hydrogens is 360 g/mol. The van der Waals surface area contributed by atoms with Gasteiger partial charge in [-0.25, -0.2) is 13.1 Å². The third-order valence-electron chi connectivity index (χ3n) is 3.53. The largest absolute Gasteiger partial charge is 0.458 e. The number of hydrogen-bond acceptors (Lipinski definition) is 6. The van der Waals surface area contributed by atoms with Crippen molar-refractivity contribution in [2.45, 2.75) is 24.3 Å². The van der Waals surface area contributed by atoms with Crippen molar-refractivity contribution >= 4 is 21.7 Å². The molecule has 138 valence electrons. The van der Waals surface area contributed by atoms with E-state index in [2.05, 4.69) is 4.72 Å². The third-order valence-corrected chi connectivity index (χ3v) is 5.01. The number of nitrogens with zero attached hydrogens (tertiary/aromatic N) is 1. The molecule has 0 aliphatic heterocycles. The molecule has 0 fully saturated rings. The fourth-order valence-electron chi connectivity index (χ4n) is 2.19. The monoisotopic (exact) mass is 378 g/mol. The summed E-state index contributed by atoms with van der Waals surface area (Å²) in [7, 11) is -3.68. The van der Waals surface area contributed by atoms with Gasteiger partial charge in [0.25, 0.3) is 5.69 Å². The number of nitro groups is 1. The molecule has 0 spiro atoms. The van der Waals surface area contributed by atoms with E-state index < -0.39 is 27.0 Å². The number of rotatable bonds is 8. The normalized spacial score (nSPS) is 12.3. The maximum Gasteiger partial charge on any atom is 0.307 e. The Morgan fingerprint density at radius 2 is 1.88 bits per heavy atom. The van der Waals surface area contributed by atoms with Crippen LogP contribution < -0.4 is 4.72 Å². The van der Waals surface area contributed by atoms with Crippen LogP contribution in [-0.2, 0) is 19.6 Å². The van der Waals surface area contributed by atoms with Crippen LogP contribution in [0.25, 0.3) is 0 Å². The van der Waals surface area contributed by atoms with Crippen molar-refractivity contribution in [3.63, 3.8) is 0 Å². The van der Waals surface area contributed by atoms with E-state index in [-0.39, 0.29) is 23.5 Å². The summed E-state index contributed by atoms with van der Waals surface area (Å²) in [4.78, 5) is 22.2. The van der Waals surface area contributed by atoms with Crippen molar-refractivity contribution < 1.29 is 22.9 Å². The molecule has 2 rings (SSSR count). The van der Waals surface area contributed by atoms with Crippen molar-refractivity contribution in [2.75, 3.05) is 6.54 Å². The lowest BCUT2D eigenvalue weighted by molar-refractivity contribution is -0.385. The molecule has 2 aromatic carbocycles. The number of nitro benzene ring substituents is 1. The van der Waals surface area contributed by atoms with E-state index in [0.29, 0.717) is 5.56 Å². The Morgan fingerprint density at radius 1 is 1.19 bits per heavy atom. The molecule has 1 N–H and O–H groups in total. The number of sulfonamides is 1. The van der Waals surface area contributed by atoms with Gasteiger partial charge >= 0.3 is 5.97 Å². The molecule has 0 heterocycles. The van der Waals surface area contributed by atoms with E-state index in [0.717, 1.165) is 0 Å². The second kappa shape index (κ2) is 8.54. The minimum atomic E-state index is -3.68. The highest BCUT2D eigenvalue weighted by Gasteiger charge is 2.17. The number of carbonyl (C=O) groups excluding carboxylic acids is 1. The number of nitrogens with one attached hydrogen (secondary N) is 1. The van der Waals surface area contributed by atoms with E-state index in [4.69, 9.17) is 4.74 Å². The molecule has 0 aliphatic carbocycles. The van der Waals surface area contributed by atoms with Crippen LogP contribution in [0.2, 0.25) is 0 Å². The Hall–Kier alpha value is -2.78. The Morgan fingerprint density at radius 3 is 2.54 bits per heavy atom. The highest BCUT2D eigenvalue weighted by molar-refractivity contribution is 7.89. The van der Waals surface area contributed by atoms with Crippen LogP contribution in [0.3, 0.4) is 0 Å². The topological polar surface area (TPSA) is 116 Å². The molecule has 9 heteroatoms. The first-order chi connectivity index (χ1) is 12.3. The zero-order chi connectivity index (χ0) is 19.2. The predicted molar refractivity (Wildman–Crippen MR) is 93.9 cm³/mol. The van der Waals surface area contributed by atoms with Gasteiger partial charge in [-0.15, -0.1) is 0 Å². The Balaban J connectivity index is 1.87. The van der Waals surface area contributed by atoms with Crippen LogP contribution in [0, 0.1) is 10.1 Å². The van der Waals surface area contributed by atoms with Gasteiger partial charge in [-0.1, -0.05) is 30.3 Å². The van der Waals surface area contributed by atoms with Crippen molar-refractivity contribution in [2.24, 2.45) is 0 Å². The summed E-state index contributed by atoms with van der Waals surface area (Å²) < 4.78 is 31.6. The third kappa shape index (κ3) is 5.36. The van der Waals surface area contributed by atoms with Gasteiger partial charge in [-0.3, -0.25) is 14.9 Å². The highest BCUT2D eigenvalue weighted by Crippen LogP contribution is 2.22. The second-order valence-electron chi connectivity index (χ2n) is 5.45. The summed E-state index contributed by atoms with van der Waals surface area (Å²) in [5.41, 5.74) is 0.387. The fourth-order valence-corrected chi connectivity index (χ4v) is 3.24. The number of non-ortho nitro benzene ring substituents is 1. The number of benzene rings is 2. The van der Waals surface area contributed by atoms with Gasteiger partial charge in [0, 0.05) is 18.7 Å². The highest BCUT2D eigenvalue weighted by atomic mass is 32.2. The average molecular weight is 378 g/mol. The van der Waals surface area contributed by atoms with Crippen molar-refractivity contribution in [3.8, 4) is 0 Å². The lowest BCUT2D eigenvalue weighted by Gasteiger charge is -2.13. The second-order valence-corrected chi connectivity index (χ2v) is 7.21. The number of ether oxygens (including phenoxy) is 1. The number of hydrogen-bond donors (Lipinski definition) is 1. The minimum absolute atomic E-state index is 0.0963. The molecule has 26 heavy (non-hydrogen) atoms. The smallest absolute Gasteiger partial charge is 0.307 e. The first kappa shape index (κ1) is 19.5. The SMILES string of the molecule is C[C@@H](OC(=O)CCNS(=O)(=O)c1ccccc1)c1cccc([N+](=O)[O-])c1. The van der Waals surface area contributed by atoms with Crippen molar-refractivity contribution in [1.82, 2.24) is 4.72 Å². The maximum absolute atomic E-state index is 12.0. The van der Waals surface area contributed by atoms with Gasteiger partial charge in [-0.05, 0) is 24.6 Å². The van der Waals surface area contributed by atoms with Gasteiger partial charge < -0.3 is 4.74 Å². The summed E-state index contributed by atoms with van der Waals surface area (Å²) in [6.07, 6.45) is -0.848. The predicted octanol–water partition coefficient (Wildman–Crippen LogP) is 2.57. The molecule has 1 atom stereocenters. The van der Waals surface area contributed by atoms with E-state index >= 15 is 0 Å². The first-order valence-electron chi connectivity index (χ1n) is 7.78. The van der Waals surface area contributed by atoms with E-state index in [9.17, 15) is 23.3 Å². The zero-order valence-electron chi connectivity index (χ0n) is 14.0. The van der Waals surface area contributed by atoms with Crippen LogP contribution in [0.1, 0.15) is 25.0 Å². The quantitative estimate of drug-likeness (QED) is 0.429. The van der Waals surface area contributed by atoms with Crippen LogP contribution in [0.4, 0.5) is 5.69 Å². The van der Waals surface area contributed by atoms with E-state index in [1.165, 1.54) is 30.3 Å². The number of esters is 1. The van der Waals surface area contributed by atoms with Crippen molar-refractivity contribution in [3.05, 3.63) is 70.3 Å². The zero-order valence-corrected chi connectivity index (χ0v) is 14.8. The molecular formula is C17H18N2O6S. The van der Waals surface area contributed by atoms with Gasteiger partial charge in [0.15, 0.2) is 0 Å². The summed E-state index contributed by atoms with van der Waals surface area (Å²) in [6.45, 7) is 1.48.